The Balaban J connectivity index is 2.01. The lowest BCUT2D eigenvalue weighted by Crippen LogP contribution is -2.31. The number of hydrogen-bond acceptors (Lipinski definition) is 1. The first-order valence-corrected chi connectivity index (χ1v) is 5.66. The monoisotopic (exact) mass is 178 g/mol. The Morgan fingerprint density at radius 2 is 2.38 bits per heavy atom. The molecule has 0 saturated heterocycles. The van der Waals surface area contributed by atoms with E-state index < -0.39 is 0 Å². The minimum Gasteiger partial charge on any atom is -0.396 e. The molecule has 0 aromatic rings. The van der Waals surface area contributed by atoms with Gasteiger partial charge in [0, 0.05) is 12.0 Å². The zero-order chi connectivity index (χ0) is 8.89. The summed E-state index contributed by atoms with van der Waals surface area (Å²) in [6.07, 6.45) is 10.4. The van der Waals surface area contributed by atoms with Crippen LogP contribution in [-0.2, 0) is 0 Å². The summed E-state index contributed by atoms with van der Waals surface area (Å²) >= 11 is 0. The summed E-state index contributed by atoms with van der Waals surface area (Å²) in [5, 5.41) is 9.59. The fourth-order valence-electron chi connectivity index (χ4n) is 4.09. The predicted molar refractivity (Wildman–Crippen MR) is 52.3 cm³/mol. The first kappa shape index (κ1) is 8.05. The lowest BCUT2D eigenvalue weighted by atomic mass is 9.71. The number of aliphatic hydroxyl groups excluding tert-OH is 1. The summed E-state index contributed by atoms with van der Waals surface area (Å²) in [7, 11) is 0. The van der Waals surface area contributed by atoms with E-state index in [1.54, 1.807) is 5.57 Å². The molecule has 0 aliphatic heterocycles. The van der Waals surface area contributed by atoms with Crippen LogP contribution < -0.4 is 0 Å². The molecule has 3 aliphatic carbocycles. The Morgan fingerprint density at radius 1 is 1.46 bits per heavy atom. The van der Waals surface area contributed by atoms with Crippen molar-refractivity contribution >= 4 is 0 Å². The highest BCUT2D eigenvalue weighted by Crippen LogP contribution is 2.60. The highest BCUT2D eigenvalue weighted by atomic mass is 16.3. The van der Waals surface area contributed by atoms with E-state index in [0.717, 1.165) is 11.8 Å². The molecule has 3 aliphatic rings. The maximum absolute atomic E-state index is 9.59. The van der Waals surface area contributed by atoms with E-state index in [9.17, 15) is 5.11 Å². The molecule has 3 atom stereocenters. The third-order valence-electron chi connectivity index (χ3n) is 4.64. The molecule has 0 aromatic carbocycles. The Morgan fingerprint density at radius 3 is 3.23 bits per heavy atom. The maximum atomic E-state index is 9.59. The van der Waals surface area contributed by atoms with Crippen LogP contribution in [0.4, 0.5) is 0 Å². The van der Waals surface area contributed by atoms with Gasteiger partial charge >= 0.3 is 0 Å². The Bertz CT molecular complexity index is 256. The van der Waals surface area contributed by atoms with Gasteiger partial charge in [0.25, 0.3) is 0 Å². The van der Waals surface area contributed by atoms with Crippen LogP contribution in [0.2, 0.25) is 0 Å². The number of hydrogen-bond donors (Lipinski definition) is 1. The van der Waals surface area contributed by atoms with Crippen LogP contribution in [-0.4, -0.2) is 11.7 Å². The Hall–Kier alpha value is -0.300. The number of aliphatic hydroxyl groups is 1. The first-order valence-electron chi connectivity index (χ1n) is 5.66. The van der Waals surface area contributed by atoms with Gasteiger partial charge in [0.15, 0.2) is 0 Å². The third-order valence-corrected chi connectivity index (χ3v) is 4.64. The normalized spacial score (nSPS) is 47.6. The van der Waals surface area contributed by atoms with Gasteiger partial charge in [-0.05, 0) is 43.9 Å². The zero-order valence-electron chi connectivity index (χ0n) is 8.13. The molecule has 0 radical (unpaired) electrons. The third kappa shape index (κ3) is 0.914. The van der Waals surface area contributed by atoms with Gasteiger partial charge in [0.2, 0.25) is 0 Å². The fraction of sp³-hybridized carbons (Fsp3) is 0.833. The minimum absolute atomic E-state index is 0.325. The molecule has 3 rings (SSSR count). The van der Waals surface area contributed by atoms with Crippen LogP contribution in [0.3, 0.4) is 0 Å². The highest BCUT2D eigenvalue weighted by molar-refractivity contribution is 5.27. The predicted octanol–water partition coefficient (Wildman–Crippen LogP) is 2.51. The number of rotatable bonds is 1. The molecule has 1 nitrogen and oxygen atoms in total. The number of fused-ring (bicyclic) bond motifs is 5. The topological polar surface area (TPSA) is 20.2 Å². The Labute approximate surface area is 79.8 Å². The van der Waals surface area contributed by atoms with Crippen molar-refractivity contribution in [2.45, 2.75) is 38.5 Å². The largest absolute Gasteiger partial charge is 0.396 e. The van der Waals surface area contributed by atoms with Gasteiger partial charge in [-0.3, -0.25) is 0 Å². The van der Waals surface area contributed by atoms with E-state index in [1.807, 2.05) is 0 Å². The van der Waals surface area contributed by atoms with Crippen LogP contribution in [0.5, 0.6) is 0 Å². The van der Waals surface area contributed by atoms with Crippen LogP contribution in [0.1, 0.15) is 38.5 Å². The van der Waals surface area contributed by atoms with Crippen LogP contribution in [0.15, 0.2) is 11.6 Å². The molecule has 13 heavy (non-hydrogen) atoms. The van der Waals surface area contributed by atoms with E-state index in [2.05, 4.69) is 6.08 Å². The van der Waals surface area contributed by atoms with Crippen molar-refractivity contribution in [1.82, 2.24) is 0 Å². The molecule has 1 N–H and O–H groups in total. The van der Waals surface area contributed by atoms with Crippen molar-refractivity contribution in [2.24, 2.45) is 17.3 Å². The van der Waals surface area contributed by atoms with Gasteiger partial charge in [-0.15, -0.1) is 0 Å². The first-order chi connectivity index (χ1) is 6.36. The molecule has 72 valence electrons. The molecule has 0 spiro atoms. The van der Waals surface area contributed by atoms with E-state index in [4.69, 9.17) is 0 Å². The van der Waals surface area contributed by atoms with Crippen LogP contribution in [0.25, 0.3) is 0 Å². The average Bonchev–Trinajstić information content (AvgIpc) is 2.72. The van der Waals surface area contributed by atoms with Gasteiger partial charge < -0.3 is 5.11 Å². The van der Waals surface area contributed by atoms with Crippen molar-refractivity contribution in [3.05, 3.63) is 11.6 Å². The van der Waals surface area contributed by atoms with Crippen molar-refractivity contribution in [3.8, 4) is 0 Å². The SMILES string of the molecule is OC[C@@]12CCC[C@@H](C1)C1=CCCC12. The van der Waals surface area contributed by atoms with E-state index in [-0.39, 0.29) is 0 Å². The van der Waals surface area contributed by atoms with E-state index in [0.29, 0.717) is 12.0 Å². The molecule has 1 unspecified atom stereocenters. The molecule has 2 fully saturated rings. The lowest BCUT2D eigenvalue weighted by molar-refractivity contribution is 0.0612. The maximum Gasteiger partial charge on any atom is 0.0493 e. The molecular weight excluding hydrogens is 160 g/mol. The van der Waals surface area contributed by atoms with Crippen molar-refractivity contribution in [3.63, 3.8) is 0 Å². The molecule has 1 heteroatoms. The quantitative estimate of drug-likeness (QED) is 0.612. The molecular formula is C12H18O. The van der Waals surface area contributed by atoms with Gasteiger partial charge in [-0.2, -0.15) is 0 Å². The minimum atomic E-state index is 0.325. The van der Waals surface area contributed by atoms with Gasteiger partial charge in [0.1, 0.15) is 0 Å². The van der Waals surface area contributed by atoms with Gasteiger partial charge in [0.05, 0.1) is 0 Å². The van der Waals surface area contributed by atoms with Crippen LogP contribution in [0, 0.1) is 17.3 Å². The summed E-state index contributed by atoms with van der Waals surface area (Å²) in [6.45, 7) is 0.436. The smallest absolute Gasteiger partial charge is 0.0493 e. The standard InChI is InChI=1S/C12H18O/c13-8-12-6-2-3-9(7-12)10-4-1-5-11(10)12/h4,9,11,13H,1-3,5-8H2/t9-,11?,12+/m0/s1. The second-order valence-electron chi connectivity index (χ2n) is 5.15. The molecule has 0 heterocycles. The molecule has 2 bridgehead atoms. The van der Waals surface area contributed by atoms with E-state index in [1.165, 1.54) is 38.5 Å². The van der Waals surface area contributed by atoms with Crippen LogP contribution >= 0.6 is 0 Å². The second kappa shape index (κ2) is 2.60. The zero-order valence-corrected chi connectivity index (χ0v) is 8.13. The van der Waals surface area contributed by atoms with Gasteiger partial charge in [-0.25, -0.2) is 0 Å². The summed E-state index contributed by atoms with van der Waals surface area (Å²) in [5.74, 6) is 1.62. The Kier molecular flexibility index (Phi) is 1.61. The average molecular weight is 178 g/mol. The molecule has 0 aromatic heterocycles. The fourth-order valence-corrected chi connectivity index (χ4v) is 4.09. The van der Waals surface area contributed by atoms with Crippen molar-refractivity contribution in [2.75, 3.05) is 6.61 Å². The summed E-state index contributed by atoms with van der Waals surface area (Å²) < 4.78 is 0. The summed E-state index contributed by atoms with van der Waals surface area (Å²) in [4.78, 5) is 0. The van der Waals surface area contributed by atoms with E-state index >= 15 is 0 Å². The van der Waals surface area contributed by atoms with Crippen molar-refractivity contribution < 1.29 is 5.11 Å². The van der Waals surface area contributed by atoms with Crippen molar-refractivity contribution in [1.29, 1.82) is 0 Å². The lowest BCUT2D eigenvalue weighted by Gasteiger charge is -2.35. The molecule has 0 amide bonds. The summed E-state index contributed by atoms with van der Waals surface area (Å²) in [6, 6.07) is 0. The molecule has 2 saturated carbocycles. The second-order valence-corrected chi connectivity index (χ2v) is 5.15. The highest BCUT2D eigenvalue weighted by Gasteiger charge is 2.52. The van der Waals surface area contributed by atoms with Gasteiger partial charge in [-0.1, -0.05) is 18.1 Å². The number of allylic oxidation sites excluding steroid dienone is 2. The summed E-state index contributed by atoms with van der Waals surface area (Å²) in [5.41, 5.74) is 2.05.